The molecular formula is C16H23NO2. The van der Waals surface area contributed by atoms with Crippen molar-refractivity contribution in [3.63, 3.8) is 0 Å². The predicted octanol–water partition coefficient (Wildman–Crippen LogP) is 2.62. The molecule has 3 heteroatoms. The van der Waals surface area contributed by atoms with Crippen molar-refractivity contribution in [1.82, 2.24) is 4.90 Å². The van der Waals surface area contributed by atoms with Crippen LogP contribution < -0.4 is 0 Å². The van der Waals surface area contributed by atoms with E-state index < -0.39 is 0 Å². The lowest BCUT2D eigenvalue weighted by Crippen LogP contribution is -2.34. The van der Waals surface area contributed by atoms with E-state index in [9.17, 15) is 4.79 Å². The summed E-state index contributed by atoms with van der Waals surface area (Å²) >= 11 is 0. The molecule has 1 heterocycles. The van der Waals surface area contributed by atoms with Gasteiger partial charge in [-0.05, 0) is 19.9 Å². The average Bonchev–Trinajstić information content (AvgIpc) is 2.91. The minimum Gasteiger partial charge on any atom is -0.377 e. The molecule has 104 valence electrons. The molecule has 0 bridgehead atoms. The fourth-order valence-corrected chi connectivity index (χ4v) is 2.65. The fraction of sp³-hybridized carbons (Fsp3) is 0.562. The van der Waals surface area contributed by atoms with Crippen LogP contribution in [0.25, 0.3) is 0 Å². The number of hydrogen-bond donors (Lipinski definition) is 0. The van der Waals surface area contributed by atoms with Crippen molar-refractivity contribution in [1.29, 1.82) is 0 Å². The van der Waals surface area contributed by atoms with Crippen molar-refractivity contribution < 1.29 is 9.53 Å². The molecule has 0 aliphatic carbocycles. The van der Waals surface area contributed by atoms with E-state index in [4.69, 9.17) is 4.74 Å². The number of nitrogens with zero attached hydrogens (tertiary/aromatic N) is 1. The number of Topliss-reactive ketones (excluding diaryl/α,β-unsaturated/α-hetero) is 1. The maximum atomic E-state index is 12.3. The Hall–Kier alpha value is -1.19. The van der Waals surface area contributed by atoms with Gasteiger partial charge in [0.25, 0.3) is 0 Å². The molecule has 0 saturated carbocycles. The highest BCUT2D eigenvalue weighted by molar-refractivity contribution is 5.97. The fourth-order valence-electron chi connectivity index (χ4n) is 2.65. The van der Waals surface area contributed by atoms with Gasteiger partial charge in [0.1, 0.15) is 0 Å². The third-order valence-electron chi connectivity index (χ3n) is 3.63. The van der Waals surface area contributed by atoms with Crippen LogP contribution in [-0.4, -0.2) is 43.5 Å². The van der Waals surface area contributed by atoms with Crippen LogP contribution in [0.4, 0.5) is 0 Å². The number of ketones is 1. The van der Waals surface area contributed by atoms with E-state index in [0.29, 0.717) is 6.10 Å². The molecule has 2 rings (SSSR count). The average molecular weight is 261 g/mol. The molecule has 1 aliphatic rings. The summed E-state index contributed by atoms with van der Waals surface area (Å²) in [7, 11) is 2.07. The zero-order chi connectivity index (χ0) is 13.7. The number of carbonyl (C=O) groups is 1. The second-order valence-corrected chi connectivity index (χ2v) is 5.49. The highest BCUT2D eigenvalue weighted by Gasteiger charge is 2.21. The lowest BCUT2D eigenvalue weighted by Gasteiger charge is -2.23. The molecule has 0 radical (unpaired) electrons. The Morgan fingerprint density at radius 1 is 1.42 bits per heavy atom. The molecular weight excluding hydrogens is 238 g/mol. The van der Waals surface area contributed by atoms with Gasteiger partial charge in [-0.25, -0.2) is 0 Å². The Morgan fingerprint density at radius 2 is 2.16 bits per heavy atom. The standard InChI is InChI=1S/C16H23NO2/c1-13(16(18)14-7-4-3-5-8-14)11-17(2)12-15-9-6-10-19-15/h3-5,7-8,13,15H,6,9-12H2,1-2H3. The molecule has 0 aromatic heterocycles. The van der Waals surface area contributed by atoms with E-state index >= 15 is 0 Å². The first-order valence-electron chi connectivity index (χ1n) is 7.06. The van der Waals surface area contributed by atoms with Gasteiger partial charge in [0.05, 0.1) is 6.10 Å². The van der Waals surface area contributed by atoms with E-state index in [1.54, 1.807) is 0 Å². The monoisotopic (exact) mass is 261 g/mol. The molecule has 1 aromatic rings. The van der Waals surface area contributed by atoms with Crippen molar-refractivity contribution in [2.75, 3.05) is 26.7 Å². The van der Waals surface area contributed by atoms with Crippen LogP contribution in [0.5, 0.6) is 0 Å². The topological polar surface area (TPSA) is 29.5 Å². The number of rotatable bonds is 6. The summed E-state index contributed by atoms with van der Waals surface area (Å²) in [5.41, 5.74) is 0.806. The molecule has 3 nitrogen and oxygen atoms in total. The molecule has 1 fully saturated rings. The molecule has 2 unspecified atom stereocenters. The first kappa shape index (κ1) is 14.2. The largest absolute Gasteiger partial charge is 0.377 e. The molecule has 0 spiro atoms. The lowest BCUT2D eigenvalue weighted by atomic mass is 9.99. The first-order chi connectivity index (χ1) is 9.16. The summed E-state index contributed by atoms with van der Waals surface area (Å²) in [5, 5.41) is 0. The van der Waals surface area contributed by atoms with Crippen LogP contribution in [0.15, 0.2) is 30.3 Å². The van der Waals surface area contributed by atoms with Crippen LogP contribution in [0, 0.1) is 5.92 Å². The van der Waals surface area contributed by atoms with Crippen LogP contribution >= 0.6 is 0 Å². The van der Waals surface area contributed by atoms with Gasteiger partial charge in [-0.3, -0.25) is 4.79 Å². The highest BCUT2D eigenvalue weighted by Crippen LogP contribution is 2.14. The second kappa shape index (κ2) is 6.83. The van der Waals surface area contributed by atoms with Crippen LogP contribution in [0.1, 0.15) is 30.1 Å². The van der Waals surface area contributed by atoms with Gasteiger partial charge in [-0.1, -0.05) is 37.3 Å². The molecule has 1 aliphatic heterocycles. The number of ether oxygens (including phenoxy) is 1. The normalized spacial score (nSPS) is 20.7. The summed E-state index contributed by atoms with van der Waals surface area (Å²) in [6, 6.07) is 9.54. The lowest BCUT2D eigenvalue weighted by molar-refractivity contribution is 0.0719. The minimum absolute atomic E-state index is 0.0220. The Bertz CT molecular complexity index is 398. The Kier molecular flexibility index (Phi) is 5.11. The van der Waals surface area contributed by atoms with E-state index in [1.807, 2.05) is 37.3 Å². The maximum Gasteiger partial charge on any atom is 0.166 e. The predicted molar refractivity (Wildman–Crippen MR) is 76.4 cm³/mol. The smallest absolute Gasteiger partial charge is 0.166 e. The van der Waals surface area contributed by atoms with Crippen LogP contribution in [-0.2, 0) is 4.74 Å². The second-order valence-electron chi connectivity index (χ2n) is 5.49. The molecule has 19 heavy (non-hydrogen) atoms. The summed E-state index contributed by atoms with van der Waals surface area (Å²) in [6.07, 6.45) is 2.66. The molecule has 1 saturated heterocycles. The van der Waals surface area contributed by atoms with Gasteiger partial charge in [0, 0.05) is 31.2 Å². The van der Waals surface area contributed by atoms with Gasteiger partial charge in [0.15, 0.2) is 5.78 Å². The minimum atomic E-state index is 0.0220. The SMILES string of the molecule is CC(CN(C)CC1CCCO1)C(=O)c1ccccc1. The van der Waals surface area contributed by atoms with Gasteiger partial charge in [-0.2, -0.15) is 0 Å². The third kappa shape index (κ3) is 4.15. The van der Waals surface area contributed by atoms with Gasteiger partial charge >= 0.3 is 0 Å². The van der Waals surface area contributed by atoms with E-state index in [1.165, 1.54) is 0 Å². The summed E-state index contributed by atoms with van der Waals surface area (Å²) in [6.45, 7) is 4.60. The summed E-state index contributed by atoms with van der Waals surface area (Å²) in [4.78, 5) is 14.5. The Balaban J connectivity index is 1.82. The zero-order valence-electron chi connectivity index (χ0n) is 11.8. The number of benzene rings is 1. The van der Waals surface area contributed by atoms with Crippen LogP contribution in [0.2, 0.25) is 0 Å². The van der Waals surface area contributed by atoms with Gasteiger partial charge in [-0.15, -0.1) is 0 Å². The summed E-state index contributed by atoms with van der Waals surface area (Å²) < 4.78 is 5.62. The van der Waals surface area contributed by atoms with Crippen molar-refractivity contribution in [3.05, 3.63) is 35.9 Å². The van der Waals surface area contributed by atoms with E-state index in [0.717, 1.165) is 38.1 Å². The molecule has 2 atom stereocenters. The number of likely N-dealkylation sites (N-methyl/N-ethyl adjacent to an activating group) is 1. The van der Waals surface area contributed by atoms with Crippen molar-refractivity contribution in [3.8, 4) is 0 Å². The van der Waals surface area contributed by atoms with E-state index in [2.05, 4.69) is 11.9 Å². The molecule has 0 N–H and O–H groups in total. The van der Waals surface area contributed by atoms with Crippen molar-refractivity contribution >= 4 is 5.78 Å². The third-order valence-corrected chi connectivity index (χ3v) is 3.63. The maximum absolute atomic E-state index is 12.3. The Labute approximate surface area is 115 Å². The van der Waals surface area contributed by atoms with Crippen molar-refractivity contribution in [2.45, 2.75) is 25.9 Å². The quantitative estimate of drug-likeness (QED) is 0.737. The van der Waals surface area contributed by atoms with Gasteiger partial charge in [0.2, 0.25) is 0 Å². The molecule has 1 aromatic carbocycles. The summed E-state index contributed by atoms with van der Waals surface area (Å²) in [5.74, 6) is 0.244. The highest BCUT2D eigenvalue weighted by atomic mass is 16.5. The van der Waals surface area contributed by atoms with Crippen molar-refractivity contribution in [2.24, 2.45) is 5.92 Å². The molecule has 0 amide bonds. The van der Waals surface area contributed by atoms with Crippen LogP contribution in [0.3, 0.4) is 0 Å². The zero-order valence-corrected chi connectivity index (χ0v) is 11.8. The number of hydrogen-bond acceptors (Lipinski definition) is 3. The first-order valence-corrected chi connectivity index (χ1v) is 7.06. The number of carbonyl (C=O) groups excluding carboxylic acids is 1. The van der Waals surface area contributed by atoms with Gasteiger partial charge < -0.3 is 9.64 Å². The Morgan fingerprint density at radius 3 is 2.79 bits per heavy atom. The van der Waals surface area contributed by atoms with E-state index in [-0.39, 0.29) is 11.7 Å².